The van der Waals surface area contributed by atoms with Crippen molar-refractivity contribution in [2.75, 3.05) is 0 Å². The Bertz CT molecular complexity index is 438. The number of hydrogen-bond donors (Lipinski definition) is 1. The second kappa shape index (κ2) is 3.89. The molecule has 1 N–H and O–H groups in total. The van der Waals surface area contributed by atoms with Gasteiger partial charge in [-0.3, -0.25) is 5.10 Å². The Morgan fingerprint density at radius 2 is 1.80 bits per heavy atom. The van der Waals surface area contributed by atoms with E-state index in [-0.39, 0.29) is 0 Å². The Balaban J connectivity index is 2.33. The molecule has 0 unspecified atom stereocenters. The van der Waals surface area contributed by atoms with E-state index in [1.54, 1.807) is 0 Å². The Morgan fingerprint density at radius 1 is 1.13 bits per heavy atom. The lowest BCUT2D eigenvalue weighted by Crippen LogP contribution is -1.85. The van der Waals surface area contributed by atoms with Crippen LogP contribution in [0.15, 0.2) is 30.3 Å². The standard InChI is InChI=1S/C13H16N2/c1-9(2)12-8-13(15-14-12)11-6-4-10(3)5-7-11/h4-9H,1-3H3,(H,14,15). The largest absolute Gasteiger partial charge is 0.278 e. The Hall–Kier alpha value is -1.57. The van der Waals surface area contributed by atoms with Crippen LogP contribution in [0.4, 0.5) is 0 Å². The van der Waals surface area contributed by atoms with E-state index in [0.29, 0.717) is 5.92 Å². The number of hydrogen-bond acceptors (Lipinski definition) is 1. The molecule has 0 saturated heterocycles. The van der Waals surface area contributed by atoms with E-state index in [2.05, 4.69) is 61.3 Å². The van der Waals surface area contributed by atoms with E-state index in [0.717, 1.165) is 11.4 Å². The molecule has 0 bridgehead atoms. The predicted molar refractivity (Wildman–Crippen MR) is 62.8 cm³/mol. The highest BCUT2D eigenvalue weighted by atomic mass is 15.1. The molecule has 2 nitrogen and oxygen atoms in total. The lowest BCUT2D eigenvalue weighted by atomic mass is 10.1. The van der Waals surface area contributed by atoms with Crippen molar-refractivity contribution in [2.24, 2.45) is 0 Å². The fourth-order valence-electron chi connectivity index (χ4n) is 1.51. The minimum Gasteiger partial charge on any atom is -0.278 e. The van der Waals surface area contributed by atoms with Crippen molar-refractivity contribution >= 4 is 0 Å². The summed E-state index contributed by atoms with van der Waals surface area (Å²) in [6.07, 6.45) is 0. The summed E-state index contributed by atoms with van der Waals surface area (Å²) in [5.74, 6) is 0.473. The molecule has 78 valence electrons. The van der Waals surface area contributed by atoms with Gasteiger partial charge in [0.15, 0.2) is 0 Å². The zero-order chi connectivity index (χ0) is 10.8. The van der Waals surface area contributed by atoms with Crippen molar-refractivity contribution in [1.29, 1.82) is 0 Å². The zero-order valence-corrected chi connectivity index (χ0v) is 9.41. The SMILES string of the molecule is Cc1ccc(-c2cc(C(C)C)n[nH]2)cc1. The van der Waals surface area contributed by atoms with Crippen LogP contribution < -0.4 is 0 Å². The summed E-state index contributed by atoms with van der Waals surface area (Å²) in [6.45, 7) is 6.39. The molecule has 0 atom stereocenters. The summed E-state index contributed by atoms with van der Waals surface area (Å²) < 4.78 is 0. The second-order valence-electron chi connectivity index (χ2n) is 4.23. The molecule has 2 aromatic rings. The van der Waals surface area contributed by atoms with E-state index < -0.39 is 0 Å². The zero-order valence-electron chi connectivity index (χ0n) is 9.41. The summed E-state index contributed by atoms with van der Waals surface area (Å²) in [5, 5.41) is 7.36. The Labute approximate surface area is 90.3 Å². The smallest absolute Gasteiger partial charge is 0.0654 e. The molecule has 0 aliphatic rings. The number of aryl methyl sites for hydroxylation is 1. The van der Waals surface area contributed by atoms with Crippen LogP contribution >= 0.6 is 0 Å². The van der Waals surface area contributed by atoms with Crippen LogP contribution in [0.5, 0.6) is 0 Å². The van der Waals surface area contributed by atoms with Gasteiger partial charge < -0.3 is 0 Å². The molecule has 0 aliphatic heterocycles. The van der Waals surface area contributed by atoms with Crippen LogP contribution in [0.3, 0.4) is 0 Å². The molecule has 2 rings (SSSR count). The van der Waals surface area contributed by atoms with Crippen LogP contribution in [0.1, 0.15) is 31.0 Å². The molecule has 15 heavy (non-hydrogen) atoms. The normalized spacial score (nSPS) is 10.9. The van der Waals surface area contributed by atoms with Crippen molar-refractivity contribution in [2.45, 2.75) is 26.7 Å². The van der Waals surface area contributed by atoms with Crippen LogP contribution in [0.25, 0.3) is 11.3 Å². The highest BCUT2D eigenvalue weighted by molar-refractivity contribution is 5.59. The first-order valence-corrected chi connectivity index (χ1v) is 5.29. The third-order valence-corrected chi connectivity index (χ3v) is 2.55. The van der Waals surface area contributed by atoms with Gasteiger partial charge in [-0.2, -0.15) is 5.10 Å². The van der Waals surface area contributed by atoms with E-state index in [1.165, 1.54) is 11.1 Å². The number of rotatable bonds is 2. The third kappa shape index (κ3) is 2.09. The van der Waals surface area contributed by atoms with Gasteiger partial charge in [-0.1, -0.05) is 43.7 Å². The van der Waals surface area contributed by atoms with Gasteiger partial charge in [0, 0.05) is 0 Å². The number of benzene rings is 1. The molecule has 1 aromatic carbocycles. The van der Waals surface area contributed by atoms with E-state index >= 15 is 0 Å². The Morgan fingerprint density at radius 3 is 2.33 bits per heavy atom. The lowest BCUT2D eigenvalue weighted by Gasteiger charge is -1.97. The molecular weight excluding hydrogens is 184 g/mol. The number of nitrogens with zero attached hydrogens (tertiary/aromatic N) is 1. The summed E-state index contributed by atoms with van der Waals surface area (Å²) in [6, 6.07) is 10.6. The maximum atomic E-state index is 4.29. The van der Waals surface area contributed by atoms with E-state index in [1.807, 2.05) is 0 Å². The lowest BCUT2D eigenvalue weighted by molar-refractivity contribution is 0.811. The Kier molecular flexibility index (Phi) is 2.58. The number of aromatic nitrogens is 2. The molecule has 0 fully saturated rings. The highest BCUT2D eigenvalue weighted by Gasteiger charge is 2.05. The summed E-state index contributed by atoms with van der Waals surface area (Å²) in [4.78, 5) is 0. The molecule has 0 spiro atoms. The first-order valence-electron chi connectivity index (χ1n) is 5.29. The summed E-state index contributed by atoms with van der Waals surface area (Å²) in [7, 11) is 0. The molecule has 2 heteroatoms. The first-order chi connectivity index (χ1) is 7.16. The molecule has 0 radical (unpaired) electrons. The van der Waals surface area contributed by atoms with Gasteiger partial charge in [0.2, 0.25) is 0 Å². The molecule has 0 saturated carbocycles. The van der Waals surface area contributed by atoms with Crippen molar-refractivity contribution in [3.05, 3.63) is 41.6 Å². The topological polar surface area (TPSA) is 28.7 Å². The molecule has 1 heterocycles. The number of aromatic amines is 1. The number of H-pyrrole nitrogens is 1. The van der Waals surface area contributed by atoms with Crippen molar-refractivity contribution in [1.82, 2.24) is 10.2 Å². The predicted octanol–water partition coefficient (Wildman–Crippen LogP) is 3.51. The minimum atomic E-state index is 0.473. The summed E-state index contributed by atoms with van der Waals surface area (Å²) in [5.41, 5.74) is 4.69. The average Bonchev–Trinajstić information content (AvgIpc) is 2.68. The van der Waals surface area contributed by atoms with Gasteiger partial charge in [-0.15, -0.1) is 0 Å². The quantitative estimate of drug-likeness (QED) is 0.789. The minimum absolute atomic E-state index is 0.473. The maximum absolute atomic E-state index is 4.29. The van der Waals surface area contributed by atoms with Gasteiger partial charge in [-0.05, 0) is 24.5 Å². The molecule has 0 amide bonds. The molecular formula is C13H16N2. The van der Waals surface area contributed by atoms with E-state index in [4.69, 9.17) is 0 Å². The fourth-order valence-corrected chi connectivity index (χ4v) is 1.51. The van der Waals surface area contributed by atoms with Crippen molar-refractivity contribution < 1.29 is 0 Å². The van der Waals surface area contributed by atoms with Crippen molar-refractivity contribution in [3.63, 3.8) is 0 Å². The van der Waals surface area contributed by atoms with Crippen molar-refractivity contribution in [3.8, 4) is 11.3 Å². The van der Waals surface area contributed by atoms with Crippen LogP contribution in [-0.2, 0) is 0 Å². The maximum Gasteiger partial charge on any atom is 0.0654 e. The van der Waals surface area contributed by atoms with Gasteiger partial charge in [-0.25, -0.2) is 0 Å². The van der Waals surface area contributed by atoms with Crippen LogP contribution in [-0.4, -0.2) is 10.2 Å². The van der Waals surface area contributed by atoms with Gasteiger partial charge >= 0.3 is 0 Å². The molecule has 1 aromatic heterocycles. The highest BCUT2D eigenvalue weighted by Crippen LogP contribution is 2.21. The monoisotopic (exact) mass is 200 g/mol. The van der Waals surface area contributed by atoms with Gasteiger partial charge in [0.25, 0.3) is 0 Å². The van der Waals surface area contributed by atoms with Crippen LogP contribution in [0.2, 0.25) is 0 Å². The fraction of sp³-hybridized carbons (Fsp3) is 0.308. The second-order valence-corrected chi connectivity index (χ2v) is 4.23. The molecule has 0 aliphatic carbocycles. The number of nitrogens with one attached hydrogen (secondary N) is 1. The van der Waals surface area contributed by atoms with Gasteiger partial charge in [0.1, 0.15) is 0 Å². The van der Waals surface area contributed by atoms with E-state index in [9.17, 15) is 0 Å². The third-order valence-electron chi connectivity index (χ3n) is 2.55. The average molecular weight is 200 g/mol. The summed E-state index contributed by atoms with van der Waals surface area (Å²) >= 11 is 0. The van der Waals surface area contributed by atoms with Gasteiger partial charge in [0.05, 0.1) is 11.4 Å². The first kappa shape index (κ1) is 9.97. The van der Waals surface area contributed by atoms with Crippen LogP contribution in [0, 0.1) is 6.92 Å².